The van der Waals surface area contributed by atoms with Gasteiger partial charge in [-0.2, -0.15) is 0 Å². The molecule has 0 saturated carbocycles. The van der Waals surface area contributed by atoms with E-state index in [-0.39, 0.29) is 21.6 Å². The van der Waals surface area contributed by atoms with Crippen molar-refractivity contribution in [1.29, 1.82) is 0 Å². The van der Waals surface area contributed by atoms with E-state index in [4.69, 9.17) is 11.6 Å². The van der Waals surface area contributed by atoms with Crippen molar-refractivity contribution in [2.24, 2.45) is 4.99 Å². The smallest absolute Gasteiger partial charge is 0.331 e. The summed E-state index contributed by atoms with van der Waals surface area (Å²) in [6.45, 7) is 0.110. The van der Waals surface area contributed by atoms with Crippen molar-refractivity contribution < 1.29 is 23.1 Å². The Hall–Kier alpha value is -2.71. The number of rotatable bonds is 4. The number of hydrogen-bond donors (Lipinski definition) is 0. The van der Waals surface area contributed by atoms with E-state index in [0.29, 0.717) is 11.3 Å². The predicted octanol–water partition coefficient (Wildman–Crippen LogP) is 4.44. The molecule has 2 aromatic rings. The maximum Gasteiger partial charge on any atom is 0.331 e. The molecule has 0 radical (unpaired) electrons. The van der Waals surface area contributed by atoms with Crippen LogP contribution in [0.5, 0.6) is 0 Å². The van der Waals surface area contributed by atoms with Gasteiger partial charge < -0.3 is 4.74 Å². The normalized spacial score (nSPS) is 16.9. The van der Waals surface area contributed by atoms with Gasteiger partial charge in [-0.05, 0) is 47.7 Å². The lowest BCUT2D eigenvalue weighted by molar-refractivity contribution is -0.135. The van der Waals surface area contributed by atoms with Gasteiger partial charge >= 0.3 is 5.97 Å². The minimum absolute atomic E-state index is 0.105. The molecule has 1 aliphatic rings. The molecule has 0 atom stereocenters. The molecule has 0 unspecified atom stereocenters. The molecule has 0 bridgehead atoms. The number of carbonyl (C=O) groups excluding carboxylic acids is 2. The lowest BCUT2D eigenvalue weighted by Crippen LogP contribution is -2.28. The number of benzene rings is 2. The summed E-state index contributed by atoms with van der Waals surface area (Å²) in [4.78, 5) is 30.1. The maximum atomic E-state index is 13.4. The van der Waals surface area contributed by atoms with Crippen molar-refractivity contribution in [2.75, 3.05) is 7.11 Å². The topological polar surface area (TPSA) is 59.0 Å². The average molecular weight is 423 g/mol. The Morgan fingerprint density at radius 1 is 1.25 bits per heavy atom. The zero-order chi connectivity index (χ0) is 20.3. The molecule has 28 heavy (non-hydrogen) atoms. The number of halogens is 3. The fourth-order valence-electron chi connectivity index (χ4n) is 2.33. The number of amidine groups is 1. The molecule has 9 heteroatoms. The number of nitrogens with zero attached hydrogens (tertiary/aromatic N) is 2. The molecule has 0 aliphatic carbocycles. The number of esters is 1. The molecule has 0 N–H and O–H groups in total. The highest BCUT2D eigenvalue weighted by Crippen LogP contribution is 2.34. The minimum atomic E-state index is -0.677. The van der Waals surface area contributed by atoms with Crippen molar-refractivity contribution in [3.63, 3.8) is 0 Å². The van der Waals surface area contributed by atoms with Crippen LogP contribution in [0, 0.1) is 11.6 Å². The van der Waals surface area contributed by atoms with Crippen LogP contribution < -0.4 is 0 Å². The van der Waals surface area contributed by atoms with Crippen LogP contribution in [0.2, 0.25) is 5.02 Å². The summed E-state index contributed by atoms with van der Waals surface area (Å²) in [5.74, 6) is -2.11. The standard InChI is InChI=1S/C19H13ClF2N2O3S/c1-27-17(25)9-16-18(26)24(10-11-2-4-12(21)5-3-11)19(28-16)23-13-6-7-15(22)14(20)8-13/h2-9H,10H2,1H3. The van der Waals surface area contributed by atoms with Gasteiger partial charge in [-0.1, -0.05) is 23.7 Å². The fraction of sp³-hybridized carbons (Fsp3) is 0.105. The quantitative estimate of drug-likeness (QED) is 0.540. The number of methoxy groups -OCH3 is 1. The summed E-state index contributed by atoms with van der Waals surface area (Å²) in [5, 5.41) is 0.165. The highest BCUT2D eigenvalue weighted by molar-refractivity contribution is 8.18. The summed E-state index contributed by atoms with van der Waals surface area (Å²) in [7, 11) is 1.20. The lowest BCUT2D eigenvalue weighted by Gasteiger charge is -2.15. The second kappa shape index (κ2) is 8.53. The van der Waals surface area contributed by atoms with Crippen LogP contribution in [0.15, 0.2) is 58.4 Å². The van der Waals surface area contributed by atoms with Gasteiger partial charge in [0.2, 0.25) is 0 Å². The van der Waals surface area contributed by atoms with E-state index in [1.165, 1.54) is 42.3 Å². The van der Waals surface area contributed by atoms with E-state index in [0.717, 1.165) is 17.8 Å². The predicted molar refractivity (Wildman–Crippen MR) is 103 cm³/mol. The molecule has 0 aromatic heterocycles. The number of hydrogen-bond acceptors (Lipinski definition) is 5. The minimum Gasteiger partial charge on any atom is -0.466 e. The fourth-order valence-corrected chi connectivity index (χ4v) is 3.47. The maximum absolute atomic E-state index is 13.4. The summed E-state index contributed by atoms with van der Waals surface area (Å²) in [6.07, 6.45) is 1.07. The summed E-state index contributed by atoms with van der Waals surface area (Å²) < 4.78 is 31.1. The van der Waals surface area contributed by atoms with E-state index in [1.54, 1.807) is 12.1 Å². The van der Waals surface area contributed by atoms with Crippen LogP contribution in [0.3, 0.4) is 0 Å². The SMILES string of the molecule is COC(=O)C=C1SC(=Nc2ccc(F)c(Cl)c2)N(Cc2ccc(F)cc2)C1=O. The number of thioether (sulfide) groups is 1. The highest BCUT2D eigenvalue weighted by Gasteiger charge is 2.34. The first-order valence-corrected chi connectivity index (χ1v) is 9.14. The zero-order valence-electron chi connectivity index (χ0n) is 14.5. The number of amides is 1. The third-order valence-corrected chi connectivity index (χ3v) is 5.02. The molecule has 5 nitrogen and oxygen atoms in total. The molecular weight excluding hydrogens is 410 g/mol. The number of carbonyl (C=O) groups is 2. The molecule has 1 saturated heterocycles. The molecule has 1 fully saturated rings. The third-order valence-electron chi connectivity index (χ3n) is 3.72. The largest absolute Gasteiger partial charge is 0.466 e. The molecule has 1 aliphatic heterocycles. The highest BCUT2D eigenvalue weighted by atomic mass is 35.5. The van der Waals surface area contributed by atoms with Gasteiger partial charge in [0.15, 0.2) is 5.17 Å². The first-order chi connectivity index (χ1) is 13.4. The zero-order valence-corrected chi connectivity index (χ0v) is 16.1. The Balaban J connectivity index is 1.97. The van der Waals surface area contributed by atoms with Crippen LogP contribution >= 0.6 is 23.4 Å². The van der Waals surface area contributed by atoms with E-state index in [2.05, 4.69) is 9.73 Å². The van der Waals surface area contributed by atoms with Crippen LogP contribution in [0.25, 0.3) is 0 Å². The Morgan fingerprint density at radius 3 is 2.61 bits per heavy atom. The molecule has 2 aromatic carbocycles. The van der Waals surface area contributed by atoms with Crippen molar-refractivity contribution in [2.45, 2.75) is 6.54 Å². The molecule has 0 spiro atoms. The van der Waals surface area contributed by atoms with Crippen molar-refractivity contribution in [3.05, 3.63) is 75.7 Å². The molecule has 144 valence electrons. The van der Waals surface area contributed by atoms with Gasteiger partial charge in [0.05, 0.1) is 29.3 Å². The average Bonchev–Trinajstić information content (AvgIpc) is 2.95. The number of ether oxygens (including phenoxy) is 1. The summed E-state index contributed by atoms with van der Waals surface area (Å²) >= 11 is 6.76. The second-order valence-electron chi connectivity index (χ2n) is 5.64. The summed E-state index contributed by atoms with van der Waals surface area (Å²) in [6, 6.07) is 9.56. The van der Waals surface area contributed by atoms with Crippen molar-refractivity contribution >= 4 is 46.1 Å². The number of aliphatic imine (C=N–C) groups is 1. The molecule has 1 amide bonds. The molecule has 1 heterocycles. The van der Waals surface area contributed by atoms with Crippen LogP contribution in [-0.2, 0) is 20.9 Å². The Kier molecular flexibility index (Phi) is 6.11. The second-order valence-corrected chi connectivity index (χ2v) is 7.06. The van der Waals surface area contributed by atoms with Crippen LogP contribution in [0.4, 0.5) is 14.5 Å². The van der Waals surface area contributed by atoms with Gasteiger partial charge in [0.1, 0.15) is 11.6 Å². The van der Waals surface area contributed by atoms with E-state index in [1.807, 2.05) is 0 Å². The van der Waals surface area contributed by atoms with E-state index < -0.39 is 23.5 Å². The molecule has 3 rings (SSSR count). The van der Waals surface area contributed by atoms with Gasteiger partial charge in [0, 0.05) is 6.08 Å². The van der Waals surface area contributed by atoms with Crippen LogP contribution in [0.1, 0.15) is 5.56 Å². The van der Waals surface area contributed by atoms with Crippen molar-refractivity contribution in [1.82, 2.24) is 4.90 Å². The lowest BCUT2D eigenvalue weighted by atomic mass is 10.2. The van der Waals surface area contributed by atoms with E-state index >= 15 is 0 Å². The van der Waals surface area contributed by atoms with E-state index in [9.17, 15) is 18.4 Å². The van der Waals surface area contributed by atoms with Gasteiger partial charge in [0.25, 0.3) is 5.91 Å². The van der Waals surface area contributed by atoms with Crippen molar-refractivity contribution in [3.8, 4) is 0 Å². The molecular formula is C19H13ClF2N2O3S. The van der Waals surface area contributed by atoms with Crippen LogP contribution in [-0.4, -0.2) is 29.1 Å². The first kappa shape index (κ1) is 20.0. The third kappa shape index (κ3) is 4.58. The van der Waals surface area contributed by atoms with Gasteiger partial charge in [-0.15, -0.1) is 0 Å². The first-order valence-electron chi connectivity index (χ1n) is 7.95. The Morgan fingerprint density at radius 2 is 1.96 bits per heavy atom. The Labute approximate surface area is 168 Å². The van der Waals surface area contributed by atoms with Gasteiger partial charge in [-0.3, -0.25) is 9.69 Å². The summed E-state index contributed by atoms with van der Waals surface area (Å²) in [5.41, 5.74) is 1.00. The monoisotopic (exact) mass is 422 g/mol. The Bertz CT molecular complexity index is 993. The van der Waals surface area contributed by atoms with Gasteiger partial charge in [-0.25, -0.2) is 18.6 Å².